The fraction of sp³-hybridized carbons (Fsp3) is 0.185. The van der Waals surface area contributed by atoms with Crippen LogP contribution in [0.1, 0.15) is 24.0 Å². The second kappa shape index (κ2) is 9.31. The van der Waals surface area contributed by atoms with Crippen LogP contribution in [-0.2, 0) is 4.79 Å². The van der Waals surface area contributed by atoms with E-state index in [-0.39, 0.29) is 23.8 Å². The van der Waals surface area contributed by atoms with Gasteiger partial charge in [0, 0.05) is 17.2 Å². The lowest BCUT2D eigenvalue weighted by Gasteiger charge is -2.28. The number of esters is 1. The van der Waals surface area contributed by atoms with Crippen molar-refractivity contribution in [1.29, 1.82) is 5.26 Å². The molecule has 0 aromatic heterocycles. The van der Waals surface area contributed by atoms with Gasteiger partial charge in [-0.25, -0.2) is 4.79 Å². The molecule has 0 aliphatic carbocycles. The zero-order chi connectivity index (χ0) is 24.4. The van der Waals surface area contributed by atoms with Crippen molar-refractivity contribution in [2.45, 2.75) is 18.9 Å². The highest BCUT2D eigenvalue weighted by Gasteiger charge is 2.34. The molecule has 3 aromatic carbocycles. The molecule has 2 heterocycles. The first kappa shape index (κ1) is 22.2. The number of carbonyl (C=O) groups is 1. The Hall–Kier alpha value is -4.64. The Bertz CT molecular complexity index is 1360. The number of nitriles is 1. The summed E-state index contributed by atoms with van der Waals surface area (Å²) in [6.45, 7) is 2.40. The number of fused-ring (bicyclic) bond motifs is 2. The van der Waals surface area contributed by atoms with Gasteiger partial charge in [-0.15, -0.1) is 0 Å². The van der Waals surface area contributed by atoms with Crippen LogP contribution in [0.3, 0.4) is 0 Å². The van der Waals surface area contributed by atoms with Crippen LogP contribution in [0.4, 0.5) is 0 Å². The summed E-state index contributed by atoms with van der Waals surface area (Å²) in [5, 5.41) is 9.82. The number of para-hydroxylation sites is 3. The predicted octanol–water partition coefficient (Wildman–Crippen LogP) is 4.05. The molecule has 0 bridgehead atoms. The Labute approximate surface area is 202 Å². The monoisotopic (exact) mass is 470 g/mol. The Morgan fingerprint density at radius 3 is 2.63 bits per heavy atom. The smallest absolute Gasteiger partial charge is 0.356 e. The van der Waals surface area contributed by atoms with Crippen molar-refractivity contribution in [3.05, 3.63) is 89.3 Å². The van der Waals surface area contributed by atoms with E-state index in [1.807, 2.05) is 37.3 Å². The quantitative estimate of drug-likeness (QED) is 0.439. The highest BCUT2D eigenvalue weighted by atomic mass is 16.6. The van der Waals surface area contributed by atoms with E-state index in [0.717, 1.165) is 5.56 Å². The molecule has 0 fully saturated rings. The second-order valence-electron chi connectivity index (χ2n) is 7.88. The van der Waals surface area contributed by atoms with Gasteiger partial charge in [-0.2, -0.15) is 5.26 Å². The molecule has 0 radical (unpaired) electrons. The molecule has 0 saturated heterocycles. The number of hydrogen-bond acceptors (Lipinski definition) is 8. The van der Waals surface area contributed by atoms with Gasteiger partial charge in [-0.1, -0.05) is 36.4 Å². The Morgan fingerprint density at radius 1 is 1.06 bits per heavy atom. The van der Waals surface area contributed by atoms with E-state index in [0.29, 0.717) is 35.2 Å². The first-order valence-electron chi connectivity index (χ1n) is 11.1. The summed E-state index contributed by atoms with van der Waals surface area (Å²) in [5.41, 5.74) is 7.89. The minimum atomic E-state index is -0.914. The summed E-state index contributed by atoms with van der Waals surface area (Å²) in [6, 6.07) is 21.7. The van der Waals surface area contributed by atoms with E-state index in [9.17, 15) is 10.1 Å². The van der Waals surface area contributed by atoms with Gasteiger partial charge in [0.25, 0.3) is 0 Å². The van der Waals surface area contributed by atoms with Crippen LogP contribution in [-0.4, -0.2) is 25.3 Å². The van der Waals surface area contributed by atoms with Crippen molar-refractivity contribution < 1.29 is 28.5 Å². The average Bonchev–Trinajstić information content (AvgIpc) is 2.88. The summed E-state index contributed by atoms with van der Waals surface area (Å²) >= 11 is 0. The molecular formula is C27H22N2O6. The number of nitrogens with two attached hydrogens (primary N) is 1. The Morgan fingerprint density at radius 2 is 1.83 bits per heavy atom. The normalized spacial score (nSPS) is 18.1. The molecule has 176 valence electrons. The van der Waals surface area contributed by atoms with Gasteiger partial charge < -0.3 is 29.4 Å². The van der Waals surface area contributed by atoms with Gasteiger partial charge in [0.05, 0.1) is 12.5 Å². The third-order valence-electron chi connectivity index (χ3n) is 5.71. The second-order valence-corrected chi connectivity index (χ2v) is 7.88. The van der Waals surface area contributed by atoms with E-state index < -0.39 is 18.0 Å². The predicted molar refractivity (Wildman–Crippen MR) is 125 cm³/mol. The maximum absolute atomic E-state index is 12.7. The third-order valence-corrected chi connectivity index (χ3v) is 5.71. The lowest BCUT2D eigenvalue weighted by molar-refractivity contribution is -0.144. The molecule has 8 nitrogen and oxygen atoms in total. The molecule has 2 atom stereocenters. The van der Waals surface area contributed by atoms with E-state index in [2.05, 4.69) is 6.07 Å². The number of allylic oxidation sites excluding steroid dienone is 1. The molecule has 3 aromatic rings. The maximum atomic E-state index is 12.7. The molecule has 2 unspecified atom stereocenters. The summed E-state index contributed by atoms with van der Waals surface area (Å²) in [7, 11) is 0. The van der Waals surface area contributed by atoms with E-state index in [1.54, 1.807) is 36.4 Å². The van der Waals surface area contributed by atoms with Crippen LogP contribution in [0.15, 0.2) is 78.2 Å². The van der Waals surface area contributed by atoms with Gasteiger partial charge in [0.15, 0.2) is 11.5 Å². The zero-order valence-electron chi connectivity index (χ0n) is 18.9. The first-order chi connectivity index (χ1) is 17.1. The van der Waals surface area contributed by atoms with Crippen LogP contribution in [0.2, 0.25) is 0 Å². The lowest BCUT2D eigenvalue weighted by atomic mass is 9.83. The molecule has 0 saturated carbocycles. The van der Waals surface area contributed by atoms with Crippen molar-refractivity contribution >= 4 is 5.97 Å². The molecule has 5 rings (SSSR count). The molecular weight excluding hydrogens is 448 g/mol. The van der Waals surface area contributed by atoms with E-state index in [4.69, 9.17) is 29.4 Å². The third kappa shape index (κ3) is 4.20. The highest BCUT2D eigenvalue weighted by molar-refractivity contribution is 5.78. The van der Waals surface area contributed by atoms with E-state index >= 15 is 0 Å². The fourth-order valence-electron chi connectivity index (χ4n) is 4.14. The van der Waals surface area contributed by atoms with Crippen LogP contribution in [0.25, 0.3) is 0 Å². The number of rotatable bonds is 5. The van der Waals surface area contributed by atoms with E-state index in [1.165, 1.54) is 0 Å². The van der Waals surface area contributed by atoms with Crippen molar-refractivity contribution in [2.75, 3.05) is 13.2 Å². The molecule has 2 aliphatic rings. The van der Waals surface area contributed by atoms with Gasteiger partial charge in [0.2, 0.25) is 12.0 Å². The standard InChI is InChI=1S/C27H22N2O6/c1-2-31-20-8-4-3-7-17(20)25-18-12-11-16(13-23(18)35-26(29)19(25)14-28)33-27(30)24-15-32-21-9-5-6-10-22(21)34-24/h3-13,24-25H,2,15,29H2,1H3. The van der Waals surface area contributed by atoms with Crippen molar-refractivity contribution in [1.82, 2.24) is 0 Å². The van der Waals surface area contributed by atoms with Crippen molar-refractivity contribution in [3.8, 4) is 34.8 Å². The number of nitrogens with zero attached hydrogens (tertiary/aromatic N) is 1. The SMILES string of the molecule is CCOc1ccccc1C1C(C#N)=C(N)Oc2cc(OC(=O)C3COc4ccccc4O3)ccc21. The van der Waals surface area contributed by atoms with Crippen molar-refractivity contribution in [2.24, 2.45) is 5.73 Å². The van der Waals surface area contributed by atoms with Crippen LogP contribution in [0.5, 0.6) is 28.7 Å². The fourth-order valence-corrected chi connectivity index (χ4v) is 4.14. The minimum Gasteiger partial charge on any atom is -0.494 e. The average molecular weight is 470 g/mol. The summed E-state index contributed by atoms with van der Waals surface area (Å²) in [5.74, 6) is 1.23. The molecule has 0 spiro atoms. The van der Waals surface area contributed by atoms with Crippen LogP contribution < -0.4 is 29.4 Å². The number of carbonyl (C=O) groups excluding carboxylic acids is 1. The minimum absolute atomic E-state index is 0.0135. The molecule has 8 heteroatoms. The van der Waals surface area contributed by atoms with Gasteiger partial charge in [0.1, 0.15) is 35.5 Å². The lowest BCUT2D eigenvalue weighted by Crippen LogP contribution is -2.39. The zero-order valence-corrected chi connectivity index (χ0v) is 18.9. The molecule has 2 aliphatic heterocycles. The summed E-state index contributed by atoms with van der Waals surface area (Å²) < 4.78 is 28.4. The highest BCUT2D eigenvalue weighted by Crippen LogP contribution is 2.46. The van der Waals surface area contributed by atoms with Crippen LogP contribution in [0, 0.1) is 11.3 Å². The van der Waals surface area contributed by atoms with Gasteiger partial charge in [-0.05, 0) is 31.2 Å². The Balaban J connectivity index is 1.43. The van der Waals surface area contributed by atoms with Crippen molar-refractivity contribution in [3.63, 3.8) is 0 Å². The molecule has 2 N–H and O–H groups in total. The largest absolute Gasteiger partial charge is 0.494 e. The number of ether oxygens (including phenoxy) is 5. The maximum Gasteiger partial charge on any atom is 0.356 e. The topological polar surface area (TPSA) is 113 Å². The van der Waals surface area contributed by atoms with Crippen LogP contribution >= 0.6 is 0 Å². The Kier molecular flexibility index (Phi) is 5.90. The number of benzene rings is 3. The molecule has 0 amide bonds. The molecule has 35 heavy (non-hydrogen) atoms. The summed E-state index contributed by atoms with van der Waals surface area (Å²) in [6.07, 6.45) is -0.914. The van der Waals surface area contributed by atoms with Gasteiger partial charge in [-0.3, -0.25) is 0 Å². The summed E-state index contributed by atoms with van der Waals surface area (Å²) in [4.78, 5) is 12.7. The van der Waals surface area contributed by atoms with Gasteiger partial charge >= 0.3 is 5.97 Å². The number of hydrogen-bond donors (Lipinski definition) is 1. The first-order valence-corrected chi connectivity index (χ1v) is 11.1.